The highest BCUT2D eigenvalue weighted by Gasteiger charge is 2.20. The summed E-state index contributed by atoms with van der Waals surface area (Å²) in [5, 5.41) is 7.28. The number of rotatable bonds is 4. The van der Waals surface area contributed by atoms with Gasteiger partial charge in [0, 0.05) is 5.69 Å². The predicted octanol–water partition coefficient (Wildman–Crippen LogP) is 1.77. The molecule has 1 aromatic carbocycles. The lowest BCUT2D eigenvalue weighted by Gasteiger charge is -2.19. The van der Waals surface area contributed by atoms with E-state index in [0.29, 0.717) is 22.3 Å². The van der Waals surface area contributed by atoms with E-state index in [9.17, 15) is 14.4 Å². The number of carbonyl (C=O) groups excluding carboxylic acids is 2. The van der Waals surface area contributed by atoms with Gasteiger partial charge in [0.2, 0.25) is 5.91 Å². The standard InChI is InChI=1S/C19H21N5O4/c1-19(2,3)24-16-14(9-21-24)17(26)23(11-20-16)10-15(25)22-13-7-5-12(6-8-13)18(27)28-4/h5-9,11H,10H2,1-4H3,(H,22,25). The van der Waals surface area contributed by atoms with Crippen LogP contribution in [0.15, 0.2) is 41.6 Å². The maximum Gasteiger partial charge on any atom is 0.337 e. The Morgan fingerprint density at radius 3 is 2.46 bits per heavy atom. The summed E-state index contributed by atoms with van der Waals surface area (Å²) in [7, 11) is 1.30. The molecule has 0 saturated heterocycles. The minimum atomic E-state index is -0.459. The van der Waals surface area contributed by atoms with Crippen molar-refractivity contribution in [1.29, 1.82) is 0 Å². The Morgan fingerprint density at radius 1 is 1.18 bits per heavy atom. The number of hydrogen-bond donors (Lipinski definition) is 1. The van der Waals surface area contributed by atoms with Crippen LogP contribution in [0.4, 0.5) is 5.69 Å². The van der Waals surface area contributed by atoms with Crippen LogP contribution in [0.3, 0.4) is 0 Å². The third-order valence-electron chi connectivity index (χ3n) is 4.09. The summed E-state index contributed by atoms with van der Waals surface area (Å²) in [6.45, 7) is 5.70. The van der Waals surface area contributed by atoms with Crippen molar-refractivity contribution in [3.63, 3.8) is 0 Å². The van der Waals surface area contributed by atoms with Crippen molar-refractivity contribution in [2.75, 3.05) is 12.4 Å². The van der Waals surface area contributed by atoms with Gasteiger partial charge in [0.05, 0.1) is 24.4 Å². The lowest BCUT2D eigenvalue weighted by atomic mass is 10.1. The van der Waals surface area contributed by atoms with E-state index in [4.69, 9.17) is 0 Å². The maximum atomic E-state index is 12.6. The fourth-order valence-corrected chi connectivity index (χ4v) is 2.71. The molecule has 0 fully saturated rings. The summed E-state index contributed by atoms with van der Waals surface area (Å²) in [6, 6.07) is 6.26. The van der Waals surface area contributed by atoms with Crippen molar-refractivity contribution >= 4 is 28.6 Å². The normalized spacial score (nSPS) is 11.4. The molecule has 0 saturated carbocycles. The molecule has 2 aromatic heterocycles. The largest absolute Gasteiger partial charge is 0.465 e. The van der Waals surface area contributed by atoms with E-state index in [-0.39, 0.29) is 17.6 Å². The molecule has 0 aliphatic carbocycles. The molecular formula is C19H21N5O4. The van der Waals surface area contributed by atoms with Crippen LogP contribution in [0.1, 0.15) is 31.1 Å². The average Bonchev–Trinajstić information content (AvgIpc) is 3.09. The lowest BCUT2D eigenvalue weighted by Crippen LogP contribution is -2.29. The first-order chi connectivity index (χ1) is 13.2. The van der Waals surface area contributed by atoms with E-state index in [0.717, 1.165) is 0 Å². The molecule has 28 heavy (non-hydrogen) atoms. The second-order valence-electron chi connectivity index (χ2n) is 7.26. The number of nitrogens with one attached hydrogen (secondary N) is 1. The van der Waals surface area contributed by atoms with Crippen LogP contribution in [0.2, 0.25) is 0 Å². The number of benzene rings is 1. The zero-order valence-corrected chi connectivity index (χ0v) is 16.1. The first kappa shape index (κ1) is 19.3. The molecule has 1 N–H and O–H groups in total. The number of hydrogen-bond acceptors (Lipinski definition) is 6. The number of amides is 1. The molecule has 1 amide bonds. The van der Waals surface area contributed by atoms with Crippen LogP contribution in [0, 0.1) is 0 Å². The topological polar surface area (TPSA) is 108 Å². The van der Waals surface area contributed by atoms with Crippen molar-refractivity contribution in [3.05, 3.63) is 52.7 Å². The average molecular weight is 383 g/mol. The molecule has 3 aromatic rings. The number of ether oxygens (including phenoxy) is 1. The fraction of sp³-hybridized carbons (Fsp3) is 0.316. The maximum absolute atomic E-state index is 12.6. The van der Waals surface area contributed by atoms with Gasteiger partial charge in [-0.15, -0.1) is 0 Å². The minimum Gasteiger partial charge on any atom is -0.465 e. The molecule has 3 rings (SSSR count). The van der Waals surface area contributed by atoms with Gasteiger partial charge >= 0.3 is 5.97 Å². The van der Waals surface area contributed by atoms with Crippen LogP contribution in [0.5, 0.6) is 0 Å². The van der Waals surface area contributed by atoms with Gasteiger partial charge in [-0.05, 0) is 45.0 Å². The highest BCUT2D eigenvalue weighted by atomic mass is 16.5. The predicted molar refractivity (Wildman–Crippen MR) is 103 cm³/mol. The fourth-order valence-electron chi connectivity index (χ4n) is 2.71. The second-order valence-corrected chi connectivity index (χ2v) is 7.26. The van der Waals surface area contributed by atoms with Gasteiger partial charge in [-0.1, -0.05) is 0 Å². The zero-order chi connectivity index (χ0) is 20.5. The van der Waals surface area contributed by atoms with E-state index < -0.39 is 11.9 Å². The van der Waals surface area contributed by atoms with Crippen molar-refractivity contribution in [1.82, 2.24) is 19.3 Å². The van der Waals surface area contributed by atoms with Crippen LogP contribution < -0.4 is 10.9 Å². The summed E-state index contributed by atoms with van der Waals surface area (Å²) >= 11 is 0. The smallest absolute Gasteiger partial charge is 0.337 e. The van der Waals surface area contributed by atoms with E-state index in [1.165, 1.54) is 24.2 Å². The summed E-state index contributed by atoms with van der Waals surface area (Å²) in [6.07, 6.45) is 2.81. The molecule has 9 heteroatoms. The van der Waals surface area contributed by atoms with Crippen LogP contribution >= 0.6 is 0 Å². The molecule has 0 atom stereocenters. The molecule has 0 unspecified atom stereocenters. The van der Waals surface area contributed by atoms with E-state index >= 15 is 0 Å². The quantitative estimate of drug-likeness (QED) is 0.688. The Bertz CT molecular complexity index is 1090. The Hall–Kier alpha value is -3.49. The summed E-state index contributed by atoms with van der Waals surface area (Å²) in [4.78, 5) is 40.7. The molecule has 9 nitrogen and oxygen atoms in total. The first-order valence-corrected chi connectivity index (χ1v) is 8.62. The van der Waals surface area contributed by atoms with E-state index in [1.807, 2.05) is 20.8 Å². The van der Waals surface area contributed by atoms with Gasteiger partial charge in [0.1, 0.15) is 18.3 Å². The van der Waals surface area contributed by atoms with Crippen molar-refractivity contribution in [3.8, 4) is 0 Å². The van der Waals surface area contributed by atoms with Crippen molar-refractivity contribution < 1.29 is 14.3 Å². The summed E-state index contributed by atoms with van der Waals surface area (Å²) in [5.41, 5.74) is 0.702. The lowest BCUT2D eigenvalue weighted by molar-refractivity contribution is -0.116. The first-order valence-electron chi connectivity index (χ1n) is 8.62. The summed E-state index contributed by atoms with van der Waals surface area (Å²) < 4.78 is 7.54. The van der Waals surface area contributed by atoms with Crippen LogP contribution in [-0.2, 0) is 21.6 Å². The molecule has 0 spiro atoms. The zero-order valence-electron chi connectivity index (χ0n) is 16.1. The van der Waals surface area contributed by atoms with Gasteiger partial charge < -0.3 is 10.1 Å². The van der Waals surface area contributed by atoms with Gasteiger partial charge in [0.15, 0.2) is 5.65 Å². The number of nitrogens with zero attached hydrogens (tertiary/aromatic N) is 4. The highest BCUT2D eigenvalue weighted by Crippen LogP contribution is 2.17. The van der Waals surface area contributed by atoms with Gasteiger partial charge in [0.25, 0.3) is 5.56 Å². The molecule has 0 aliphatic heterocycles. The second kappa shape index (κ2) is 7.26. The number of methoxy groups -OCH3 is 1. The van der Waals surface area contributed by atoms with E-state index in [2.05, 4.69) is 20.1 Å². The molecule has 0 aliphatic rings. The SMILES string of the molecule is COC(=O)c1ccc(NC(=O)Cn2cnc3c(cnn3C(C)(C)C)c2=O)cc1. The van der Waals surface area contributed by atoms with Crippen molar-refractivity contribution in [2.45, 2.75) is 32.9 Å². The molecular weight excluding hydrogens is 362 g/mol. The van der Waals surface area contributed by atoms with E-state index in [1.54, 1.807) is 28.9 Å². The van der Waals surface area contributed by atoms with Crippen LogP contribution in [-0.4, -0.2) is 38.3 Å². The third kappa shape index (κ3) is 3.78. The Labute approximate surface area is 160 Å². The number of esters is 1. The Morgan fingerprint density at radius 2 is 1.86 bits per heavy atom. The molecule has 0 radical (unpaired) electrons. The monoisotopic (exact) mass is 383 g/mol. The van der Waals surface area contributed by atoms with Gasteiger partial charge in [-0.3, -0.25) is 14.2 Å². The minimum absolute atomic E-state index is 0.193. The number of aromatic nitrogens is 4. The molecule has 146 valence electrons. The highest BCUT2D eigenvalue weighted by molar-refractivity contribution is 5.93. The number of fused-ring (bicyclic) bond motifs is 1. The Kier molecular flexibility index (Phi) is 5.00. The molecule has 0 bridgehead atoms. The number of anilines is 1. The van der Waals surface area contributed by atoms with Crippen LogP contribution in [0.25, 0.3) is 11.0 Å². The van der Waals surface area contributed by atoms with Gasteiger partial charge in [-0.25, -0.2) is 14.5 Å². The summed E-state index contributed by atoms with van der Waals surface area (Å²) in [5.74, 6) is -0.850. The Balaban J connectivity index is 1.77. The van der Waals surface area contributed by atoms with Gasteiger partial charge in [-0.2, -0.15) is 5.10 Å². The third-order valence-corrected chi connectivity index (χ3v) is 4.09. The van der Waals surface area contributed by atoms with Crippen molar-refractivity contribution in [2.24, 2.45) is 0 Å². The number of carbonyl (C=O) groups is 2. The molecule has 2 heterocycles.